The van der Waals surface area contributed by atoms with Gasteiger partial charge in [0.15, 0.2) is 11.4 Å². The van der Waals surface area contributed by atoms with Gasteiger partial charge in [0.1, 0.15) is 16.9 Å². The van der Waals surface area contributed by atoms with Crippen LogP contribution in [0.15, 0.2) is 40.8 Å². The van der Waals surface area contributed by atoms with Crippen molar-refractivity contribution in [1.29, 1.82) is 0 Å². The lowest BCUT2D eigenvalue weighted by Gasteiger charge is -2.43. The number of aryl methyl sites for hydroxylation is 1. The van der Waals surface area contributed by atoms with Gasteiger partial charge < -0.3 is 14.1 Å². The summed E-state index contributed by atoms with van der Waals surface area (Å²) in [6, 6.07) is 11.9. The van der Waals surface area contributed by atoms with E-state index in [2.05, 4.69) is 9.88 Å². The van der Waals surface area contributed by atoms with Gasteiger partial charge in [-0.05, 0) is 37.3 Å². The second kappa shape index (κ2) is 5.99. The zero-order valence-electron chi connectivity index (χ0n) is 15.0. The first-order valence-corrected chi connectivity index (χ1v) is 9.53. The maximum absolute atomic E-state index is 12.7. The molecular formula is C21H19ClN2O3. The Bertz CT molecular complexity index is 1050. The molecule has 5 nitrogen and oxygen atoms in total. The maximum Gasteiger partial charge on any atom is 0.298 e. The van der Waals surface area contributed by atoms with Crippen LogP contribution < -0.4 is 9.64 Å². The highest BCUT2D eigenvalue weighted by molar-refractivity contribution is 6.31. The summed E-state index contributed by atoms with van der Waals surface area (Å²) in [5.74, 6) is 0.881. The predicted molar refractivity (Wildman–Crippen MR) is 104 cm³/mol. The number of nitrogens with zero attached hydrogens (tertiary/aromatic N) is 2. The molecule has 0 radical (unpaired) electrons. The van der Waals surface area contributed by atoms with E-state index in [-0.39, 0.29) is 5.78 Å². The van der Waals surface area contributed by atoms with Crippen LogP contribution in [0.3, 0.4) is 0 Å². The first kappa shape index (κ1) is 16.6. The van der Waals surface area contributed by atoms with E-state index in [0.717, 1.165) is 42.6 Å². The van der Waals surface area contributed by atoms with Crippen LogP contribution in [0.5, 0.6) is 5.75 Å². The van der Waals surface area contributed by atoms with Crippen molar-refractivity contribution < 1.29 is 13.9 Å². The molecule has 1 fully saturated rings. The smallest absolute Gasteiger partial charge is 0.298 e. The first-order valence-electron chi connectivity index (χ1n) is 9.15. The molecule has 3 aromatic rings. The molecule has 0 bridgehead atoms. The number of halogens is 1. The van der Waals surface area contributed by atoms with Crippen molar-refractivity contribution >= 4 is 34.5 Å². The summed E-state index contributed by atoms with van der Waals surface area (Å²) in [5.41, 5.74) is 2.84. The number of fused-ring (bicyclic) bond motifs is 2. The largest absolute Gasteiger partial charge is 0.486 e. The molecule has 0 saturated carbocycles. The quantitative estimate of drug-likeness (QED) is 0.605. The van der Waals surface area contributed by atoms with E-state index in [1.165, 1.54) is 0 Å². The number of Topliss-reactive ketones (excluding diaryl/α,β-unsaturated/α-hetero) is 1. The summed E-state index contributed by atoms with van der Waals surface area (Å²) in [4.78, 5) is 19.3. The van der Waals surface area contributed by atoms with Gasteiger partial charge in [-0.2, -0.15) is 4.98 Å². The number of benzene rings is 2. The Hall–Kier alpha value is -2.53. The summed E-state index contributed by atoms with van der Waals surface area (Å²) in [6.45, 7) is 3.45. The molecule has 0 unspecified atom stereocenters. The molecule has 2 aromatic carbocycles. The molecule has 5 rings (SSSR count). The lowest BCUT2D eigenvalue weighted by Crippen LogP contribution is -2.51. The second-order valence-corrected chi connectivity index (χ2v) is 7.92. The Kier molecular flexibility index (Phi) is 3.69. The van der Waals surface area contributed by atoms with Gasteiger partial charge in [-0.3, -0.25) is 4.79 Å². The SMILES string of the molecule is Cc1ccc2c(c1)C(=O)CC1(CCN(c3nc4cc(Cl)ccc4o3)CC1)O2. The van der Waals surface area contributed by atoms with Gasteiger partial charge in [-0.1, -0.05) is 23.2 Å². The van der Waals surface area contributed by atoms with Gasteiger partial charge in [-0.25, -0.2) is 0 Å². The Morgan fingerprint density at radius 2 is 1.96 bits per heavy atom. The van der Waals surface area contributed by atoms with Gasteiger partial charge in [0.25, 0.3) is 6.01 Å². The fraction of sp³-hybridized carbons (Fsp3) is 0.333. The zero-order chi connectivity index (χ0) is 18.6. The van der Waals surface area contributed by atoms with Gasteiger partial charge in [0.05, 0.1) is 12.0 Å². The van der Waals surface area contributed by atoms with E-state index >= 15 is 0 Å². The lowest BCUT2D eigenvalue weighted by molar-refractivity contribution is 0.0226. The third-order valence-corrected chi connectivity index (χ3v) is 5.76. The fourth-order valence-corrected chi connectivity index (χ4v) is 4.18. The molecular weight excluding hydrogens is 364 g/mol. The van der Waals surface area contributed by atoms with Crippen molar-refractivity contribution in [2.75, 3.05) is 18.0 Å². The molecule has 27 heavy (non-hydrogen) atoms. The van der Waals surface area contributed by atoms with Crippen molar-refractivity contribution in [2.45, 2.75) is 31.8 Å². The number of carbonyl (C=O) groups is 1. The standard InChI is InChI=1S/C21H19ClN2O3/c1-13-2-4-18-15(10-13)17(25)12-21(27-18)6-8-24(9-7-21)20-23-16-11-14(22)3-5-19(16)26-20/h2-5,10-11H,6-9,12H2,1H3. The van der Waals surface area contributed by atoms with Crippen LogP contribution in [0, 0.1) is 6.92 Å². The third-order valence-electron chi connectivity index (χ3n) is 5.53. The molecule has 0 amide bonds. The molecule has 138 valence electrons. The number of oxazole rings is 1. The number of ether oxygens (including phenoxy) is 1. The second-order valence-electron chi connectivity index (χ2n) is 7.48. The highest BCUT2D eigenvalue weighted by Crippen LogP contribution is 2.40. The number of hydrogen-bond acceptors (Lipinski definition) is 5. The highest BCUT2D eigenvalue weighted by Gasteiger charge is 2.43. The molecule has 0 aliphatic carbocycles. The van der Waals surface area contributed by atoms with Gasteiger partial charge in [0.2, 0.25) is 0 Å². The maximum atomic E-state index is 12.7. The molecule has 0 N–H and O–H groups in total. The summed E-state index contributed by atoms with van der Waals surface area (Å²) >= 11 is 6.03. The topological polar surface area (TPSA) is 55.6 Å². The van der Waals surface area contributed by atoms with Crippen LogP contribution in [0.25, 0.3) is 11.1 Å². The van der Waals surface area contributed by atoms with Crippen molar-refractivity contribution in [3.05, 3.63) is 52.5 Å². The van der Waals surface area contributed by atoms with Crippen LogP contribution in [0.4, 0.5) is 6.01 Å². The van der Waals surface area contributed by atoms with Gasteiger partial charge >= 0.3 is 0 Å². The van der Waals surface area contributed by atoms with Crippen molar-refractivity contribution in [2.24, 2.45) is 0 Å². The van der Waals surface area contributed by atoms with Crippen LogP contribution in [0.2, 0.25) is 5.02 Å². The summed E-state index contributed by atoms with van der Waals surface area (Å²) in [5, 5.41) is 0.642. The summed E-state index contributed by atoms with van der Waals surface area (Å²) in [6.07, 6.45) is 1.94. The van der Waals surface area contributed by atoms with E-state index in [0.29, 0.717) is 28.8 Å². The highest BCUT2D eigenvalue weighted by atomic mass is 35.5. The molecule has 2 aliphatic rings. The minimum Gasteiger partial charge on any atom is -0.486 e. The number of carbonyl (C=O) groups excluding carboxylic acids is 1. The fourth-order valence-electron chi connectivity index (χ4n) is 4.02. The molecule has 1 spiro atoms. The Labute approximate surface area is 161 Å². The predicted octanol–water partition coefficient (Wildman–Crippen LogP) is 4.79. The summed E-state index contributed by atoms with van der Waals surface area (Å²) in [7, 11) is 0. The third kappa shape index (κ3) is 2.86. The van der Waals surface area contributed by atoms with Crippen LogP contribution in [0.1, 0.15) is 35.2 Å². The minimum absolute atomic E-state index is 0.171. The zero-order valence-corrected chi connectivity index (χ0v) is 15.8. The number of piperidine rings is 1. The van der Waals surface area contributed by atoms with Crippen LogP contribution >= 0.6 is 11.6 Å². The van der Waals surface area contributed by atoms with E-state index in [4.69, 9.17) is 20.8 Å². The number of aromatic nitrogens is 1. The Morgan fingerprint density at radius 3 is 2.78 bits per heavy atom. The lowest BCUT2D eigenvalue weighted by atomic mass is 9.82. The Morgan fingerprint density at radius 1 is 1.15 bits per heavy atom. The number of ketones is 1. The molecule has 1 saturated heterocycles. The molecule has 3 heterocycles. The first-order chi connectivity index (χ1) is 13.0. The summed E-state index contributed by atoms with van der Waals surface area (Å²) < 4.78 is 12.2. The monoisotopic (exact) mass is 382 g/mol. The van der Waals surface area contributed by atoms with E-state index < -0.39 is 5.60 Å². The normalized spacial score (nSPS) is 18.6. The minimum atomic E-state index is -0.425. The number of anilines is 1. The average Bonchev–Trinajstić information content (AvgIpc) is 3.06. The van der Waals surface area contributed by atoms with Crippen molar-refractivity contribution in [3.8, 4) is 5.75 Å². The number of rotatable bonds is 1. The number of hydrogen-bond donors (Lipinski definition) is 0. The van der Waals surface area contributed by atoms with Gasteiger partial charge in [-0.15, -0.1) is 0 Å². The van der Waals surface area contributed by atoms with Crippen molar-refractivity contribution in [1.82, 2.24) is 4.98 Å². The molecule has 2 aliphatic heterocycles. The van der Waals surface area contributed by atoms with Crippen LogP contribution in [-0.4, -0.2) is 29.5 Å². The van der Waals surface area contributed by atoms with E-state index in [1.54, 1.807) is 12.1 Å². The van der Waals surface area contributed by atoms with Gasteiger partial charge in [0, 0.05) is 31.0 Å². The molecule has 6 heteroatoms. The molecule has 0 atom stereocenters. The molecule has 1 aromatic heterocycles. The van der Waals surface area contributed by atoms with E-state index in [1.807, 2.05) is 31.2 Å². The average molecular weight is 383 g/mol. The van der Waals surface area contributed by atoms with E-state index in [9.17, 15) is 4.79 Å². The van der Waals surface area contributed by atoms with Crippen molar-refractivity contribution in [3.63, 3.8) is 0 Å². The van der Waals surface area contributed by atoms with Crippen LogP contribution in [-0.2, 0) is 0 Å². The Balaban J connectivity index is 1.36.